The highest BCUT2D eigenvalue weighted by atomic mass is 15.3. The molecule has 0 aromatic carbocycles. The molecule has 1 fully saturated rings. The van der Waals surface area contributed by atoms with E-state index < -0.39 is 0 Å². The minimum Gasteiger partial charge on any atom is -0.383 e. The summed E-state index contributed by atoms with van der Waals surface area (Å²) in [6.45, 7) is 3.92. The Hall–Kier alpha value is -1.69. The maximum atomic E-state index is 5.85. The molecule has 1 atom stereocenters. The Labute approximate surface area is 92.9 Å². The summed E-state index contributed by atoms with van der Waals surface area (Å²) in [6.07, 6.45) is 2.58. The number of rotatable bonds is 1. The molecule has 3 heterocycles. The standard InChI is InChI=1S/C10H14N6/c1-6-8-9(11)13-5-14-10(8)16(15-6)7-2-3-12-4-7/h5,7,12H,2-4H2,1H3,(H2,11,13,14). The SMILES string of the molecule is Cc1nn(C2CCNC2)c2ncnc(N)c12. The van der Waals surface area contributed by atoms with Gasteiger partial charge in [-0.1, -0.05) is 0 Å². The molecule has 3 rings (SSSR count). The van der Waals surface area contributed by atoms with Crippen molar-refractivity contribution < 1.29 is 0 Å². The average Bonchev–Trinajstić information content (AvgIpc) is 2.86. The molecule has 0 saturated carbocycles. The molecule has 16 heavy (non-hydrogen) atoms. The van der Waals surface area contributed by atoms with Crippen LogP contribution in [0.5, 0.6) is 0 Å². The Balaban J connectivity index is 2.22. The van der Waals surface area contributed by atoms with Gasteiger partial charge in [0.2, 0.25) is 0 Å². The quantitative estimate of drug-likeness (QED) is 0.717. The molecule has 2 aromatic rings. The van der Waals surface area contributed by atoms with Crippen molar-refractivity contribution in [3.63, 3.8) is 0 Å². The monoisotopic (exact) mass is 218 g/mol. The van der Waals surface area contributed by atoms with Crippen LogP contribution in [0.25, 0.3) is 11.0 Å². The Bertz CT molecular complexity index is 525. The fourth-order valence-corrected chi connectivity index (χ4v) is 2.27. The molecule has 2 aromatic heterocycles. The number of anilines is 1. The fourth-order valence-electron chi connectivity index (χ4n) is 2.27. The van der Waals surface area contributed by atoms with Crippen molar-refractivity contribution in [2.75, 3.05) is 18.8 Å². The molecule has 3 N–H and O–H groups in total. The molecule has 84 valence electrons. The van der Waals surface area contributed by atoms with E-state index in [2.05, 4.69) is 20.4 Å². The van der Waals surface area contributed by atoms with Gasteiger partial charge in [-0.15, -0.1) is 0 Å². The molecular weight excluding hydrogens is 204 g/mol. The van der Waals surface area contributed by atoms with E-state index >= 15 is 0 Å². The lowest BCUT2D eigenvalue weighted by atomic mass is 10.2. The number of nitrogens with zero attached hydrogens (tertiary/aromatic N) is 4. The Morgan fingerprint density at radius 3 is 3.12 bits per heavy atom. The van der Waals surface area contributed by atoms with E-state index in [1.807, 2.05) is 11.6 Å². The predicted molar refractivity (Wildman–Crippen MR) is 61.0 cm³/mol. The minimum atomic E-state index is 0.380. The van der Waals surface area contributed by atoms with Crippen LogP contribution in [0, 0.1) is 6.92 Å². The first-order valence-corrected chi connectivity index (χ1v) is 5.43. The van der Waals surface area contributed by atoms with Crippen LogP contribution in [-0.4, -0.2) is 32.8 Å². The summed E-state index contributed by atoms with van der Waals surface area (Å²) in [5.41, 5.74) is 7.60. The van der Waals surface area contributed by atoms with Gasteiger partial charge in [-0.25, -0.2) is 14.6 Å². The lowest BCUT2D eigenvalue weighted by Crippen LogP contribution is -2.15. The zero-order valence-electron chi connectivity index (χ0n) is 9.14. The van der Waals surface area contributed by atoms with E-state index in [-0.39, 0.29) is 0 Å². The number of nitrogens with two attached hydrogens (primary N) is 1. The molecule has 0 aliphatic carbocycles. The Morgan fingerprint density at radius 2 is 2.38 bits per heavy atom. The number of hydrogen-bond acceptors (Lipinski definition) is 5. The number of hydrogen-bond donors (Lipinski definition) is 2. The third kappa shape index (κ3) is 1.26. The molecular formula is C10H14N6. The van der Waals surface area contributed by atoms with Crippen molar-refractivity contribution >= 4 is 16.9 Å². The maximum absolute atomic E-state index is 5.85. The van der Waals surface area contributed by atoms with Crippen molar-refractivity contribution in [3.8, 4) is 0 Å². The number of nitrogens with one attached hydrogen (secondary N) is 1. The van der Waals surface area contributed by atoms with Gasteiger partial charge in [-0.2, -0.15) is 5.10 Å². The summed E-state index contributed by atoms with van der Waals surface area (Å²) in [7, 11) is 0. The van der Waals surface area contributed by atoms with Crippen LogP contribution in [0.4, 0.5) is 5.82 Å². The van der Waals surface area contributed by atoms with Crippen molar-refractivity contribution in [2.24, 2.45) is 0 Å². The lowest BCUT2D eigenvalue weighted by molar-refractivity contribution is 0.500. The van der Waals surface area contributed by atoms with Gasteiger partial charge in [0.15, 0.2) is 5.65 Å². The Kier molecular flexibility index (Phi) is 2.03. The van der Waals surface area contributed by atoms with Gasteiger partial charge in [-0.05, 0) is 19.9 Å². The second-order valence-corrected chi connectivity index (χ2v) is 4.13. The van der Waals surface area contributed by atoms with Gasteiger partial charge in [0.05, 0.1) is 17.1 Å². The van der Waals surface area contributed by atoms with Crippen LogP contribution in [0.2, 0.25) is 0 Å². The maximum Gasteiger partial charge on any atom is 0.163 e. The number of aryl methyl sites for hydroxylation is 1. The zero-order valence-corrected chi connectivity index (χ0v) is 9.14. The van der Waals surface area contributed by atoms with Crippen molar-refractivity contribution in [2.45, 2.75) is 19.4 Å². The second kappa shape index (κ2) is 3.41. The lowest BCUT2D eigenvalue weighted by Gasteiger charge is -2.09. The van der Waals surface area contributed by atoms with E-state index in [0.717, 1.165) is 36.2 Å². The summed E-state index contributed by atoms with van der Waals surface area (Å²) in [5.74, 6) is 0.514. The van der Waals surface area contributed by atoms with Gasteiger partial charge in [0.25, 0.3) is 0 Å². The fraction of sp³-hybridized carbons (Fsp3) is 0.500. The molecule has 1 unspecified atom stereocenters. The summed E-state index contributed by atoms with van der Waals surface area (Å²) in [4.78, 5) is 8.29. The first-order valence-electron chi connectivity index (χ1n) is 5.43. The molecule has 0 radical (unpaired) electrons. The zero-order chi connectivity index (χ0) is 11.1. The summed E-state index contributed by atoms with van der Waals surface area (Å²) >= 11 is 0. The van der Waals surface area contributed by atoms with Crippen LogP contribution >= 0.6 is 0 Å². The summed E-state index contributed by atoms with van der Waals surface area (Å²) in [5, 5.41) is 8.73. The van der Waals surface area contributed by atoms with Gasteiger partial charge in [-0.3, -0.25) is 0 Å². The number of aromatic nitrogens is 4. The van der Waals surface area contributed by atoms with E-state index in [1.165, 1.54) is 6.33 Å². The number of nitrogen functional groups attached to an aromatic ring is 1. The number of fused-ring (bicyclic) bond motifs is 1. The van der Waals surface area contributed by atoms with Crippen LogP contribution in [0.1, 0.15) is 18.2 Å². The summed E-state index contributed by atoms with van der Waals surface area (Å²) in [6, 6.07) is 0.380. The molecule has 6 nitrogen and oxygen atoms in total. The highest BCUT2D eigenvalue weighted by Gasteiger charge is 2.22. The third-order valence-electron chi connectivity index (χ3n) is 3.07. The average molecular weight is 218 g/mol. The van der Waals surface area contributed by atoms with Gasteiger partial charge < -0.3 is 11.1 Å². The van der Waals surface area contributed by atoms with Crippen molar-refractivity contribution in [3.05, 3.63) is 12.0 Å². The van der Waals surface area contributed by atoms with E-state index in [9.17, 15) is 0 Å². The molecule has 0 amide bonds. The van der Waals surface area contributed by atoms with Crippen molar-refractivity contribution in [1.29, 1.82) is 0 Å². The first kappa shape index (κ1) is 9.53. The Morgan fingerprint density at radius 1 is 1.50 bits per heavy atom. The normalized spacial score (nSPS) is 20.7. The molecule has 1 aliphatic heterocycles. The predicted octanol–water partition coefficient (Wildman–Crippen LogP) is 0.251. The molecule has 0 spiro atoms. The smallest absolute Gasteiger partial charge is 0.163 e. The van der Waals surface area contributed by atoms with E-state index in [4.69, 9.17) is 5.73 Å². The third-order valence-corrected chi connectivity index (χ3v) is 3.07. The van der Waals surface area contributed by atoms with Crippen LogP contribution in [0.3, 0.4) is 0 Å². The van der Waals surface area contributed by atoms with Gasteiger partial charge >= 0.3 is 0 Å². The van der Waals surface area contributed by atoms with Gasteiger partial charge in [0.1, 0.15) is 12.1 Å². The molecule has 6 heteroatoms. The van der Waals surface area contributed by atoms with Crippen LogP contribution in [-0.2, 0) is 0 Å². The summed E-state index contributed by atoms with van der Waals surface area (Å²) < 4.78 is 1.97. The first-order chi connectivity index (χ1) is 7.77. The second-order valence-electron chi connectivity index (χ2n) is 4.13. The molecule has 1 saturated heterocycles. The highest BCUT2D eigenvalue weighted by molar-refractivity contribution is 5.87. The molecule has 1 aliphatic rings. The van der Waals surface area contributed by atoms with Crippen molar-refractivity contribution in [1.82, 2.24) is 25.1 Å². The topological polar surface area (TPSA) is 81.7 Å². The van der Waals surface area contributed by atoms with Gasteiger partial charge in [0, 0.05) is 6.54 Å². The van der Waals surface area contributed by atoms with E-state index in [1.54, 1.807) is 0 Å². The highest BCUT2D eigenvalue weighted by Crippen LogP contribution is 2.25. The van der Waals surface area contributed by atoms with Crippen LogP contribution in [0.15, 0.2) is 6.33 Å². The largest absolute Gasteiger partial charge is 0.383 e. The van der Waals surface area contributed by atoms with Crippen LogP contribution < -0.4 is 11.1 Å². The van der Waals surface area contributed by atoms with E-state index in [0.29, 0.717) is 11.9 Å². The minimum absolute atomic E-state index is 0.380. The molecule has 0 bridgehead atoms.